The third-order valence-electron chi connectivity index (χ3n) is 12.0. The average molecular weight is 909 g/mol. The molecule has 0 aliphatic rings. The van der Waals surface area contributed by atoms with Crippen molar-refractivity contribution in [3.63, 3.8) is 0 Å². The number of rotatable bonds is 50. The second-order valence-electron chi connectivity index (χ2n) is 18.5. The molecule has 376 valence electrons. The van der Waals surface area contributed by atoms with Crippen molar-refractivity contribution >= 4 is 17.9 Å². The quantitative estimate of drug-likeness (QED) is 0.0262. The zero-order valence-electron chi connectivity index (χ0n) is 43.0. The van der Waals surface area contributed by atoms with Crippen LogP contribution in [0.4, 0.5) is 0 Å². The van der Waals surface area contributed by atoms with Gasteiger partial charge < -0.3 is 14.2 Å². The number of hydrogen-bond donors (Lipinski definition) is 0. The van der Waals surface area contributed by atoms with Crippen LogP contribution >= 0.6 is 0 Å². The minimum absolute atomic E-state index is 0.0842. The van der Waals surface area contributed by atoms with Gasteiger partial charge in [0.15, 0.2) is 6.10 Å². The van der Waals surface area contributed by atoms with E-state index in [1.807, 2.05) is 0 Å². The minimum Gasteiger partial charge on any atom is -0.462 e. The molecule has 0 heterocycles. The molecule has 0 unspecified atom stereocenters. The van der Waals surface area contributed by atoms with Gasteiger partial charge in [0.1, 0.15) is 13.2 Å². The number of unbranched alkanes of at least 4 members (excludes halogenated alkanes) is 29. The topological polar surface area (TPSA) is 78.9 Å². The molecule has 0 fully saturated rings. The van der Waals surface area contributed by atoms with E-state index in [9.17, 15) is 14.4 Å². The van der Waals surface area contributed by atoms with E-state index in [4.69, 9.17) is 14.2 Å². The summed E-state index contributed by atoms with van der Waals surface area (Å²) in [6, 6.07) is 0. The molecule has 0 aromatic rings. The highest BCUT2D eigenvalue weighted by Crippen LogP contribution is 2.15. The van der Waals surface area contributed by atoms with Crippen LogP contribution in [-0.4, -0.2) is 37.2 Å². The molecule has 0 N–H and O–H groups in total. The fourth-order valence-corrected chi connectivity index (χ4v) is 7.73. The molecule has 0 aromatic heterocycles. The van der Waals surface area contributed by atoms with Crippen LogP contribution in [0.5, 0.6) is 0 Å². The maximum absolute atomic E-state index is 12.8. The molecule has 65 heavy (non-hydrogen) atoms. The predicted octanol–water partition coefficient (Wildman–Crippen LogP) is 18.4. The molecule has 0 bridgehead atoms. The monoisotopic (exact) mass is 909 g/mol. The minimum atomic E-state index is -0.786. The van der Waals surface area contributed by atoms with Crippen molar-refractivity contribution < 1.29 is 28.6 Å². The summed E-state index contributed by atoms with van der Waals surface area (Å²) in [5, 5.41) is 0. The van der Waals surface area contributed by atoms with Crippen molar-refractivity contribution in [2.24, 2.45) is 0 Å². The van der Waals surface area contributed by atoms with Crippen LogP contribution in [0.1, 0.15) is 278 Å². The average Bonchev–Trinajstić information content (AvgIpc) is 3.30. The highest BCUT2D eigenvalue weighted by molar-refractivity contribution is 5.71. The third kappa shape index (κ3) is 51.9. The summed E-state index contributed by atoms with van der Waals surface area (Å²) in [5.41, 5.74) is 0. The van der Waals surface area contributed by atoms with Gasteiger partial charge in [0.05, 0.1) is 0 Å². The van der Waals surface area contributed by atoms with Gasteiger partial charge in [-0.15, -0.1) is 0 Å². The van der Waals surface area contributed by atoms with Crippen LogP contribution in [-0.2, 0) is 28.6 Å². The van der Waals surface area contributed by atoms with E-state index in [1.54, 1.807) is 0 Å². The van der Waals surface area contributed by atoms with Crippen molar-refractivity contribution in [3.05, 3.63) is 60.8 Å². The number of allylic oxidation sites excluding steroid dienone is 10. The largest absolute Gasteiger partial charge is 0.462 e. The molecule has 0 amide bonds. The molecular weight excluding hydrogens is 805 g/mol. The summed E-state index contributed by atoms with van der Waals surface area (Å²) < 4.78 is 16.8. The Morgan fingerprint density at radius 1 is 0.308 bits per heavy atom. The van der Waals surface area contributed by atoms with Gasteiger partial charge in [0.25, 0.3) is 0 Å². The van der Waals surface area contributed by atoms with Gasteiger partial charge in [-0.05, 0) is 109 Å². The molecule has 6 nitrogen and oxygen atoms in total. The maximum atomic E-state index is 12.8. The van der Waals surface area contributed by atoms with E-state index >= 15 is 0 Å². The second kappa shape index (κ2) is 53.7. The molecule has 0 radical (unpaired) electrons. The summed E-state index contributed by atoms with van der Waals surface area (Å²) >= 11 is 0. The lowest BCUT2D eigenvalue weighted by molar-refractivity contribution is -0.167. The molecule has 0 spiro atoms. The van der Waals surface area contributed by atoms with Crippen molar-refractivity contribution in [1.82, 2.24) is 0 Å². The molecule has 0 rings (SSSR count). The molecule has 0 aliphatic heterocycles. The first-order valence-electron chi connectivity index (χ1n) is 27.8. The Morgan fingerprint density at radius 3 is 0.892 bits per heavy atom. The molecule has 1 atom stereocenters. The molecule has 0 saturated heterocycles. The fourth-order valence-electron chi connectivity index (χ4n) is 7.73. The fraction of sp³-hybridized carbons (Fsp3) is 0.780. The summed E-state index contributed by atoms with van der Waals surface area (Å²) in [6.45, 7) is 6.57. The van der Waals surface area contributed by atoms with E-state index in [-0.39, 0.29) is 31.1 Å². The highest BCUT2D eigenvalue weighted by atomic mass is 16.6. The predicted molar refractivity (Wildman–Crippen MR) is 279 cm³/mol. The summed E-state index contributed by atoms with van der Waals surface area (Å²) in [5.74, 6) is -0.903. The van der Waals surface area contributed by atoms with E-state index in [1.165, 1.54) is 141 Å². The Labute approximate surface area is 402 Å². The Balaban J connectivity index is 4.38. The van der Waals surface area contributed by atoms with Crippen molar-refractivity contribution in [1.29, 1.82) is 0 Å². The summed E-state index contributed by atoms with van der Waals surface area (Å²) in [6.07, 6.45) is 66.3. The van der Waals surface area contributed by atoms with Gasteiger partial charge in [-0.1, -0.05) is 210 Å². The molecule has 0 saturated carbocycles. The van der Waals surface area contributed by atoms with Gasteiger partial charge in [0, 0.05) is 19.3 Å². The van der Waals surface area contributed by atoms with Gasteiger partial charge >= 0.3 is 17.9 Å². The Morgan fingerprint density at radius 2 is 0.554 bits per heavy atom. The zero-order chi connectivity index (χ0) is 47.2. The number of carbonyl (C=O) groups is 3. The van der Waals surface area contributed by atoms with Crippen LogP contribution in [0.2, 0.25) is 0 Å². The smallest absolute Gasteiger partial charge is 0.306 e. The van der Waals surface area contributed by atoms with Gasteiger partial charge in [0.2, 0.25) is 0 Å². The molecule has 0 aromatic carbocycles. The first kappa shape index (κ1) is 62.1. The lowest BCUT2D eigenvalue weighted by Gasteiger charge is -2.18. The van der Waals surface area contributed by atoms with Crippen molar-refractivity contribution in [2.75, 3.05) is 13.2 Å². The highest BCUT2D eigenvalue weighted by Gasteiger charge is 2.19. The number of esters is 3. The van der Waals surface area contributed by atoms with Crippen LogP contribution in [0.15, 0.2) is 60.8 Å². The van der Waals surface area contributed by atoms with E-state index in [2.05, 4.69) is 81.5 Å². The van der Waals surface area contributed by atoms with Gasteiger partial charge in [-0.25, -0.2) is 0 Å². The van der Waals surface area contributed by atoms with Gasteiger partial charge in [-0.2, -0.15) is 0 Å². The standard InChI is InChI=1S/C59H104O6/c1-4-7-10-13-16-19-22-25-27-28-29-30-32-34-37-40-43-46-49-52-58(61)64-55-56(54-63-57(60)51-48-45-42-39-36-33-24-21-18-15-12-9-6-3)65-59(62)53-50-47-44-41-38-35-31-26-23-20-17-14-11-8-5-2/h16-17,19-21,24-27,31,56H,4-15,18,22-23,28-30,32-55H2,1-3H3/b19-16+,20-17+,24-21+,27-25+,31-26+/t56-/m1/s1. The second-order valence-corrected chi connectivity index (χ2v) is 18.5. The number of hydrogen-bond acceptors (Lipinski definition) is 6. The van der Waals surface area contributed by atoms with E-state index in [0.717, 1.165) is 96.3 Å². The van der Waals surface area contributed by atoms with E-state index < -0.39 is 6.10 Å². The molecular formula is C59H104O6. The first-order chi connectivity index (χ1) is 32.0. The third-order valence-corrected chi connectivity index (χ3v) is 12.0. The number of carbonyl (C=O) groups excluding carboxylic acids is 3. The Hall–Kier alpha value is -2.89. The van der Waals surface area contributed by atoms with Crippen LogP contribution in [0.3, 0.4) is 0 Å². The van der Waals surface area contributed by atoms with Crippen LogP contribution in [0.25, 0.3) is 0 Å². The first-order valence-corrected chi connectivity index (χ1v) is 27.8. The van der Waals surface area contributed by atoms with E-state index in [0.29, 0.717) is 19.3 Å². The Kier molecular flexibility index (Phi) is 51.3. The number of ether oxygens (including phenoxy) is 3. The Bertz CT molecular complexity index is 1180. The SMILES string of the molecule is CCCCC/C=C/C/C=C/CCCCCCCCCCCC(=O)OC[C@@H](COC(=O)CCCCCCC/C=C/CCCCCC)OC(=O)CCCCCCC/C=C/C/C=C/CCCCC. The lowest BCUT2D eigenvalue weighted by Crippen LogP contribution is -2.30. The molecule has 0 aliphatic carbocycles. The normalized spacial score (nSPS) is 12.5. The van der Waals surface area contributed by atoms with Crippen molar-refractivity contribution in [2.45, 2.75) is 284 Å². The summed E-state index contributed by atoms with van der Waals surface area (Å²) in [4.78, 5) is 38.1. The lowest BCUT2D eigenvalue weighted by atomic mass is 10.1. The van der Waals surface area contributed by atoms with Crippen molar-refractivity contribution in [3.8, 4) is 0 Å². The zero-order valence-corrected chi connectivity index (χ0v) is 43.0. The van der Waals surface area contributed by atoms with Crippen LogP contribution < -0.4 is 0 Å². The maximum Gasteiger partial charge on any atom is 0.306 e. The molecule has 6 heteroatoms. The van der Waals surface area contributed by atoms with Crippen LogP contribution in [0, 0.1) is 0 Å². The van der Waals surface area contributed by atoms with Gasteiger partial charge in [-0.3, -0.25) is 14.4 Å². The summed E-state index contributed by atoms with van der Waals surface area (Å²) in [7, 11) is 0.